The second-order valence-corrected chi connectivity index (χ2v) is 2.38. The Kier molecular flexibility index (Phi) is 4.76. The number of carbonyl (C=O) groups is 1. The summed E-state index contributed by atoms with van der Waals surface area (Å²) in [6.45, 7) is 1.55. The van der Waals surface area contributed by atoms with Crippen molar-refractivity contribution in [1.82, 2.24) is 0 Å². The highest BCUT2D eigenvalue weighted by atomic mass is 32.2. The smallest absolute Gasteiger partial charge is 0.152 e. The number of ketones is 1. The van der Waals surface area contributed by atoms with Gasteiger partial charge in [0.2, 0.25) is 0 Å². The molecule has 0 aromatic rings. The number of hydrogen-bond acceptors (Lipinski definition) is 2. The minimum Gasteiger partial charge on any atom is -0.295 e. The van der Waals surface area contributed by atoms with Crippen LogP contribution in [0.25, 0.3) is 0 Å². The summed E-state index contributed by atoms with van der Waals surface area (Å²) in [5.74, 6) is 1.05. The standard InChI is InChI=1S/C6H10OS/c1-6(7)4-3-5-8-2/h3-4H,5H2,1-2H3/b4-3-. The maximum Gasteiger partial charge on any atom is 0.152 e. The van der Waals surface area contributed by atoms with Crippen molar-refractivity contribution >= 4 is 17.5 Å². The monoisotopic (exact) mass is 130 g/mol. The van der Waals surface area contributed by atoms with E-state index in [1.807, 2.05) is 12.3 Å². The summed E-state index contributed by atoms with van der Waals surface area (Å²) in [7, 11) is 0. The Labute approximate surface area is 54.2 Å². The molecule has 46 valence electrons. The molecule has 1 nitrogen and oxygen atoms in total. The Bertz CT molecular complexity index is 96.7. The quantitative estimate of drug-likeness (QED) is 0.538. The van der Waals surface area contributed by atoms with Crippen molar-refractivity contribution < 1.29 is 4.79 Å². The molecule has 0 saturated heterocycles. The van der Waals surface area contributed by atoms with Gasteiger partial charge >= 0.3 is 0 Å². The first-order chi connectivity index (χ1) is 3.77. The van der Waals surface area contributed by atoms with Gasteiger partial charge in [0.1, 0.15) is 0 Å². The summed E-state index contributed by atoms with van der Waals surface area (Å²) in [5.41, 5.74) is 0. The molecule has 0 aromatic carbocycles. The lowest BCUT2D eigenvalue weighted by Crippen LogP contribution is -1.79. The van der Waals surface area contributed by atoms with Gasteiger partial charge in [-0.1, -0.05) is 6.08 Å². The van der Waals surface area contributed by atoms with Crippen molar-refractivity contribution in [2.75, 3.05) is 12.0 Å². The van der Waals surface area contributed by atoms with Gasteiger partial charge in [0.25, 0.3) is 0 Å². The highest BCUT2D eigenvalue weighted by Gasteiger charge is 1.78. The topological polar surface area (TPSA) is 17.1 Å². The lowest BCUT2D eigenvalue weighted by Gasteiger charge is -1.80. The van der Waals surface area contributed by atoms with Gasteiger partial charge in [-0.3, -0.25) is 4.79 Å². The van der Waals surface area contributed by atoms with Crippen LogP contribution in [0.5, 0.6) is 0 Å². The van der Waals surface area contributed by atoms with E-state index in [0.29, 0.717) is 0 Å². The Morgan fingerprint density at radius 1 is 1.75 bits per heavy atom. The minimum absolute atomic E-state index is 0.124. The molecule has 0 fully saturated rings. The molecule has 0 aliphatic rings. The Balaban J connectivity index is 3.20. The summed E-state index contributed by atoms with van der Waals surface area (Å²) in [6.07, 6.45) is 5.47. The van der Waals surface area contributed by atoms with E-state index in [-0.39, 0.29) is 5.78 Å². The maximum absolute atomic E-state index is 10.2. The first-order valence-corrected chi connectivity index (χ1v) is 3.83. The fraction of sp³-hybridized carbons (Fsp3) is 0.500. The average molecular weight is 130 g/mol. The van der Waals surface area contributed by atoms with Gasteiger partial charge in [-0.25, -0.2) is 0 Å². The lowest BCUT2D eigenvalue weighted by molar-refractivity contribution is -0.112. The van der Waals surface area contributed by atoms with Gasteiger partial charge in [0.15, 0.2) is 5.78 Å². The van der Waals surface area contributed by atoms with Gasteiger partial charge < -0.3 is 0 Å². The van der Waals surface area contributed by atoms with Crippen molar-refractivity contribution in [3.8, 4) is 0 Å². The van der Waals surface area contributed by atoms with E-state index in [1.165, 1.54) is 0 Å². The fourth-order valence-corrected chi connectivity index (χ4v) is 0.599. The van der Waals surface area contributed by atoms with E-state index < -0.39 is 0 Å². The summed E-state index contributed by atoms with van der Waals surface area (Å²) >= 11 is 1.70. The van der Waals surface area contributed by atoms with Gasteiger partial charge in [0, 0.05) is 5.75 Å². The number of rotatable bonds is 3. The maximum atomic E-state index is 10.2. The molecule has 2 heteroatoms. The molecule has 0 heterocycles. The highest BCUT2D eigenvalue weighted by molar-refractivity contribution is 7.98. The molecule has 0 saturated carbocycles. The van der Waals surface area contributed by atoms with Crippen LogP contribution in [-0.4, -0.2) is 17.8 Å². The second kappa shape index (κ2) is 4.91. The zero-order chi connectivity index (χ0) is 6.41. The molecule has 0 spiro atoms. The molecule has 8 heavy (non-hydrogen) atoms. The Morgan fingerprint density at radius 3 is 2.75 bits per heavy atom. The van der Waals surface area contributed by atoms with E-state index in [1.54, 1.807) is 24.8 Å². The van der Waals surface area contributed by atoms with Crippen molar-refractivity contribution in [1.29, 1.82) is 0 Å². The van der Waals surface area contributed by atoms with E-state index in [0.717, 1.165) is 5.75 Å². The number of hydrogen-bond donors (Lipinski definition) is 0. The molecular formula is C6H10OS. The molecule has 0 aliphatic carbocycles. The van der Waals surface area contributed by atoms with Crippen molar-refractivity contribution in [3.05, 3.63) is 12.2 Å². The van der Waals surface area contributed by atoms with Crippen LogP contribution in [0.15, 0.2) is 12.2 Å². The third kappa shape index (κ3) is 5.76. The highest BCUT2D eigenvalue weighted by Crippen LogP contribution is 1.90. The van der Waals surface area contributed by atoms with Crippen molar-refractivity contribution in [3.63, 3.8) is 0 Å². The predicted molar refractivity (Wildman–Crippen MR) is 38.2 cm³/mol. The van der Waals surface area contributed by atoms with Crippen molar-refractivity contribution in [2.45, 2.75) is 6.92 Å². The van der Waals surface area contributed by atoms with Gasteiger partial charge in [-0.05, 0) is 19.3 Å². The van der Waals surface area contributed by atoms with E-state index in [9.17, 15) is 4.79 Å². The van der Waals surface area contributed by atoms with Gasteiger partial charge in [-0.2, -0.15) is 11.8 Å². The van der Waals surface area contributed by atoms with E-state index >= 15 is 0 Å². The largest absolute Gasteiger partial charge is 0.295 e. The fourth-order valence-electron chi connectivity index (χ4n) is 0.310. The average Bonchev–Trinajstić information content (AvgIpc) is 1.66. The van der Waals surface area contributed by atoms with Crippen LogP contribution in [0.3, 0.4) is 0 Å². The number of carbonyl (C=O) groups excluding carboxylic acids is 1. The molecule has 0 unspecified atom stereocenters. The number of thioether (sulfide) groups is 1. The molecule has 0 amide bonds. The minimum atomic E-state index is 0.124. The summed E-state index contributed by atoms with van der Waals surface area (Å²) in [4.78, 5) is 10.2. The molecule has 0 atom stereocenters. The summed E-state index contributed by atoms with van der Waals surface area (Å²) in [5, 5.41) is 0. The normalized spacial score (nSPS) is 10.2. The summed E-state index contributed by atoms with van der Waals surface area (Å²) < 4.78 is 0. The third-order valence-corrected chi connectivity index (χ3v) is 1.14. The molecule has 0 rings (SSSR count). The van der Waals surface area contributed by atoms with Crippen LogP contribution in [0, 0.1) is 0 Å². The van der Waals surface area contributed by atoms with Crippen LogP contribution in [0.2, 0.25) is 0 Å². The Morgan fingerprint density at radius 2 is 2.38 bits per heavy atom. The van der Waals surface area contributed by atoms with E-state index in [4.69, 9.17) is 0 Å². The predicted octanol–water partition coefficient (Wildman–Crippen LogP) is 1.49. The van der Waals surface area contributed by atoms with Crippen LogP contribution in [0.4, 0.5) is 0 Å². The summed E-state index contributed by atoms with van der Waals surface area (Å²) in [6, 6.07) is 0. The van der Waals surface area contributed by atoms with E-state index in [2.05, 4.69) is 0 Å². The molecule has 0 N–H and O–H groups in total. The zero-order valence-corrected chi connectivity index (χ0v) is 5.99. The van der Waals surface area contributed by atoms with Crippen LogP contribution in [-0.2, 0) is 4.79 Å². The first kappa shape index (κ1) is 7.76. The molecule has 0 radical (unpaired) electrons. The van der Waals surface area contributed by atoms with Crippen LogP contribution in [0.1, 0.15) is 6.92 Å². The number of allylic oxidation sites excluding steroid dienone is 1. The molecule has 0 aromatic heterocycles. The lowest BCUT2D eigenvalue weighted by atomic mass is 10.4. The van der Waals surface area contributed by atoms with Gasteiger partial charge in [0.05, 0.1) is 0 Å². The Hall–Kier alpha value is -0.240. The zero-order valence-electron chi connectivity index (χ0n) is 5.18. The molecule has 0 bridgehead atoms. The van der Waals surface area contributed by atoms with Gasteiger partial charge in [-0.15, -0.1) is 0 Å². The van der Waals surface area contributed by atoms with Crippen molar-refractivity contribution in [2.24, 2.45) is 0 Å². The third-order valence-electron chi connectivity index (χ3n) is 0.615. The first-order valence-electron chi connectivity index (χ1n) is 2.43. The van der Waals surface area contributed by atoms with Crippen LogP contribution >= 0.6 is 11.8 Å². The molecule has 0 aliphatic heterocycles. The second-order valence-electron chi connectivity index (χ2n) is 1.47. The van der Waals surface area contributed by atoms with Crippen LogP contribution < -0.4 is 0 Å². The molecular weight excluding hydrogens is 120 g/mol. The SMILES string of the molecule is CSC/C=C\C(C)=O.